The minimum atomic E-state index is -0.573. The SMILES string of the molecule is CCOC(=O)c1cc2cc(-c3c(C)oc4cc(OCc5ccc(C(=O)OC)o5)ccc4c3=O)ccc2o1. The molecule has 9 heteroatoms. The number of methoxy groups -OCH3 is 1. The molecule has 0 aliphatic carbocycles. The van der Waals surface area contributed by atoms with E-state index in [1.54, 1.807) is 62.4 Å². The van der Waals surface area contributed by atoms with E-state index in [2.05, 4.69) is 4.74 Å². The van der Waals surface area contributed by atoms with Crippen molar-refractivity contribution in [3.8, 4) is 16.9 Å². The van der Waals surface area contributed by atoms with Crippen LogP contribution in [-0.2, 0) is 16.1 Å². The lowest BCUT2D eigenvalue weighted by Crippen LogP contribution is -2.07. The van der Waals surface area contributed by atoms with Crippen molar-refractivity contribution in [2.45, 2.75) is 20.5 Å². The number of fused-ring (bicyclic) bond motifs is 2. The van der Waals surface area contributed by atoms with E-state index in [0.717, 1.165) is 0 Å². The van der Waals surface area contributed by atoms with Gasteiger partial charge in [0.15, 0.2) is 0 Å². The Hall–Kier alpha value is -4.79. The summed E-state index contributed by atoms with van der Waals surface area (Å²) >= 11 is 0. The molecule has 0 spiro atoms. The highest BCUT2D eigenvalue weighted by Crippen LogP contribution is 2.30. The summed E-state index contributed by atoms with van der Waals surface area (Å²) in [4.78, 5) is 37.0. The fraction of sp³-hybridized carbons (Fsp3) is 0.179. The normalized spacial score (nSPS) is 11.1. The van der Waals surface area contributed by atoms with Gasteiger partial charge in [0.2, 0.25) is 16.9 Å². The molecule has 0 aliphatic rings. The van der Waals surface area contributed by atoms with Gasteiger partial charge in [-0.1, -0.05) is 6.07 Å². The van der Waals surface area contributed by atoms with Crippen LogP contribution in [0.25, 0.3) is 33.1 Å². The predicted molar refractivity (Wildman–Crippen MR) is 133 cm³/mol. The fourth-order valence-corrected chi connectivity index (χ4v) is 4.03. The number of carbonyl (C=O) groups is 2. The molecule has 0 aliphatic heterocycles. The van der Waals surface area contributed by atoms with E-state index in [-0.39, 0.29) is 30.2 Å². The Morgan fingerprint density at radius 1 is 0.865 bits per heavy atom. The number of hydrogen-bond donors (Lipinski definition) is 0. The van der Waals surface area contributed by atoms with Crippen LogP contribution in [0.4, 0.5) is 0 Å². The molecule has 0 saturated heterocycles. The topological polar surface area (TPSA) is 118 Å². The number of ether oxygens (including phenoxy) is 3. The summed E-state index contributed by atoms with van der Waals surface area (Å²) in [6.45, 7) is 3.74. The van der Waals surface area contributed by atoms with Crippen LogP contribution in [0.15, 0.2) is 72.6 Å². The molecule has 5 aromatic rings. The van der Waals surface area contributed by atoms with Gasteiger partial charge in [-0.25, -0.2) is 9.59 Å². The lowest BCUT2D eigenvalue weighted by Gasteiger charge is -2.09. The Labute approximate surface area is 210 Å². The third kappa shape index (κ3) is 4.58. The van der Waals surface area contributed by atoms with E-state index >= 15 is 0 Å². The van der Waals surface area contributed by atoms with E-state index in [1.807, 2.05) is 0 Å². The largest absolute Gasteiger partial charge is 0.486 e. The lowest BCUT2D eigenvalue weighted by atomic mass is 10.0. The van der Waals surface area contributed by atoms with Gasteiger partial charge < -0.3 is 27.5 Å². The van der Waals surface area contributed by atoms with Crippen LogP contribution in [0.1, 0.15) is 39.6 Å². The van der Waals surface area contributed by atoms with Crippen molar-refractivity contribution in [1.82, 2.24) is 0 Å². The number of furan rings is 2. The zero-order valence-electron chi connectivity index (χ0n) is 20.3. The van der Waals surface area contributed by atoms with Gasteiger partial charge in [-0.3, -0.25) is 4.79 Å². The Morgan fingerprint density at radius 2 is 1.70 bits per heavy atom. The van der Waals surface area contributed by atoms with Gasteiger partial charge >= 0.3 is 11.9 Å². The Kier molecular flexibility index (Phi) is 6.27. The maximum absolute atomic E-state index is 13.4. The molecule has 0 unspecified atom stereocenters. The first-order chi connectivity index (χ1) is 17.9. The van der Waals surface area contributed by atoms with E-state index in [0.29, 0.717) is 50.3 Å². The molecular weight excluding hydrogens is 480 g/mol. The van der Waals surface area contributed by atoms with Gasteiger partial charge in [0, 0.05) is 11.5 Å². The molecule has 5 rings (SSSR count). The van der Waals surface area contributed by atoms with Crippen molar-refractivity contribution in [3.05, 3.63) is 87.9 Å². The highest BCUT2D eigenvalue weighted by molar-refractivity contribution is 5.94. The number of aryl methyl sites for hydroxylation is 1. The monoisotopic (exact) mass is 502 g/mol. The van der Waals surface area contributed by atoms with E-state index in [4.69, 9.17) is 22.7 Å². The van der Waals surface area contributed by atoms with Crippen molar-refractivity contribution in [2.75, 3.05) is 13.7 Å². The van der Waals surface area contributed by atoms with E-state index < -0.39 is 11.9 Å². The first kappa shape index (κ1) is 23.9. The van der Waals surface area contributed by atoms with Crippen molar-refractivity contribution in [2.24, 2.45) is 0 Å². The molecule has 0 saturated carbocycles. The molecule has 0 bridgehead atoms. The van der Waals surface area contributed by atoms with E-state index in [1.165, 1.54) is 13.2 Å². The third-order valence-corrected chi connectivity index (χ3v) is 5.75. The summed E-state index contributed by atoms with van der Waals surface area (Å²) in [7, 11) is 1.27. The summed E-state index contributed by atoms with van der Waals surface area (Å²) in [6, 6.07) is 14.9. The minimum absolute atomic E-state index is 0.0717. The van der Waals surface area contributed by atoms with Crippen molar-refractivity contribution >= 4 is 33.9 Å². The summed E-state index contributed by atoms with van der Waals surface area (Å²) in [5.41, 5.74) is 1.72. The van der Waals surface area contributed by atoms with Crippen LogP contribution in [0.2, 0.25) is 0 Å². The molecule has 0 fully saturated rings. The molecule has 0 amide bonds. The number of carbonyl (C=O) groups excluding carboxylic acids is 2. The summed E-state index contributed by atoms with van der Waals surface area (Å²) in [5, 5.41) is 1.05. The standard InChI is InChI=1S/C28H22O9/c1-4-33-28(31)24-12-17-11-16(5-9-21(17)37-24)25-15(2)35-23-13-18(6-8-20(23)26(25)29)34-14-19-7-10-22(36-19)27(30)32-3/h5-13H,4,14H2,1-3H3. The molecule has 2 aromatic carbocycles. The van der Waals surface area contributed by atoms with Crippen LogP contribution in [0, 0.1) is 6.92 Å². The first-order valence-electron chi connectivity index (χ1n) is 11.5. The summed E-state index contributed by atoms with van der Waals surface area (Å²) in [6.07, 6.45) is 0. The van der Waals surface area contributed by atoms with Crippen LogP contribution in [0.5, 0.6) is 5.75 Å². The third-order valence-electron chi connectivity index (χ3n) is 5.75. The quantitative estimate of drug-likeness (QED) is 0.260. The van der Waals surface area contributed by atoms with Crippen molar-refractivity contribution in [1.29, 1.82) is 0 Å². The zero-order chi connectivity index (χ0) is 26.1. The Balaban J connectivity index is 1.43. The van der Waals surface area contributed by atoms with Gasteiger partial charge in [0.1, 0.15) is 35.0 Å². The fourth-order valence-electron chi connectivity index (χ4n) is 4.03. The van der Waals surface area contributed by atoms with Crippen molar-refractivity contribution < 1.29 is 37.1 Å². The van der Waals surface area contributed by atoms with Gasteiger partial charge in [-0.15, -0.1) is 0 Å². The van der Waals surface area contributed by atoms with Crippen LogP contribution >= 0.6 is 0 Å². The average molecular weight is 502 g/mol. The molecule has 0 radical (unpaired) electrons. The highest BCUT2D eigenvalue weighted by atomic mass is 16.5. The molecule has 3 heterocycles. The second kappa shape index (κ2) is 9.69. The smallest absolute Gasteiger partial charge is 0.374 e. The molecule has 3 aromatic heterocycles. The molecule has 0 N–H and O–H groups in total. The average Bonchev–Trinajstić information content (AvgIpc) is 3.54. The number of esters is 2. The van der Waals surface area contributed by atoms with Gasteiger partial charge in [0.25, 0.3) is 0 Å². The molecule has 9 nitrogen and oxygen atoms in total. The van der Waals surface area contributed by atoms with Crippen molar-refractivity contribution in [3.63, 3.8) is 0 Å². The zero-order valence-corrected chi connectivity index (χ0v) is 20.3. The highest BCUT2D eigenvalue weighted by Gasteiger charge is 2.18. The second-order valence-electron chi connectivity index (χ2n) is 8.15. The minimum Gasteiger partial charge on any atom is -0.486 e. The van der Waals surface area contributed by atoms with Crippen LogP contribution in [-0.4, -0.2) is 25.7 Å². The van der Waals surface area contributed by atoms with Gasteiger partial charge in [-0.05, 0) is 61.9 Å². The van der Waals surface area contributed by atoms with Gasteiger partial charge in [0.05, 0.1) is 24.7 Å². The lowest BCUT2D eigenvalue weighted by molar-refractivity contribution is 0.0491. The maximum Gasteiger partial charge on any atom is 0.374 e. The van der Waals surface area contributed by atoms with Crippen LogP contribution in [0.3, 0.4) is 0 Å². The Morgan fingerprint density at radius 3 is 2.49 bits per heavy atom. The number of hydrogen-bond acceptors (Lipinski definition) is 9. The number of benzene rings is 2. The Bertz CT molecular complexity index is 1700. The summed E-state index contributed by atoms with van der Waals surface area (Å²) in [5.74, 6) is 0.391. The molecule has 0 atom stereocenters. The molecular formula is C28H22O9. The van der Waals surface area contributed by atoms with E-state index in [9.17, 15) is 14.4 Å². The second-order valence-corrected chi connectivity index (χ2v) is 8.15. The van der Waals surface area contributed by atoms with Crippen LogP contribution < -0.4 is 10.2 Å². The molecule has 37 heavy (non-hydrogen) atoms. The maximum atomic E-state index is 13.4. The summed E-state index contributed by atoms with van der Waals surface area (Å²) < 4.78 is 32.3. The molecule has 188 valence electrons. The number of rotatable bonds is 7. The first-order valence-corrected chi connectivity index (χ1v) is 11.5. The van der Waals surface area contributed by atoms with Gasteiger partial charge in [-0.2, -0.15) is 0 Å². The predicted octanol–water partition coefficient (Wildman–Crippen LogP) is 5.65.